The molecule has 2 heterocycles. The number of halogens is 3. The molecule has 0 radical (unpaired) electrons. The van der Waals surface area contributed by atoms with Crippen LogP contribution in [0.25, 0.3) is 0 Å². The molecule has 3 aromatic rings. The second-order valence-electron chi connectivity index (χ2n) is 9.39. The van der Waals surface area contributed by atoms with Gasteiger partial charge in [-0.25, -0.2) is 16.8 Å². The molecule has 1 saturated heterocycles. The minimum Gasteiger partial charge on any atom is -0.376 e. The average Bonchev–Trinajstić information content (AvgIpc) is 3.42. The molecule has 212 valence electrons. The molecule has 8 nitrogen and oxygen atoms in total. The van der Waals surface area contributed by atoms with Crippen LogP contribution in [0, 0.1) is 0 Å². The number of alkyl halides is 3. The van der Waals surface area contributed by atoms with Crippen molar-refractivity contribution in [3.63, 3.8) is 0 Å². The Kier molecular flexibility index (Phi) is 8.07. The number of thiophene rings is 1. The Morgan fingerprint density at radius 2 is 1.62 bits per heavy atom. The van der Waals surface area contributed by atoms with Crippen molar-refractivity contribution in [1.29, 1.82) is 0 Å². The molecule has 2 atom stereocenters. The number of aliphatic hydroxyl groups is 1. The number of para-hydroxylation sites is 1. The van der Waals surface area contributed by atoms with E-state index in [1.807, 2.05) is 0 Å². The summed E-state index contributed by atoms with van der Waals surface area (Å²) in [5.74, 6) is 0. The highest BCUT2D eigenvalue weighted by Crippen LogP contribution is 2.39. The van der Waals surface area contributed by atoms with E-state index in [9.17, 15) is 35.1 Å². The van der Waals surface area contributed by atoms with Gasteiger partial charge in [0, 0.05) is 25.3 Å². The summed E-state index contributed by atoms with van der Waals surface area (Å²) < 4.78 is 94.9. The van der Waals surface area contributed by atoms with Gasteiger partial charge in [0.15, 0.2) is 5.60 Å². The quantitative estimate of drug-likeness (QED) is 0.420. The monoisotopic (exact) mass is 603 g/mol. The zero-order chi connectivity index (χ0) is 28.6. The summed E-state index contributed by atoms with van der Waals surface area (Å²) in [6.45, 7) is 0.755. The summed E-state index contributed by atoms with van der Waals surface area (Å²) in [5, 5.41) is 11.7. The van der Waals surface area contributed by atoms with E-state index >= 15 is 0 Å². The van der Waals surface area contributed by atoms with Gasteiger partial charge in [0.2, 0.25) is 10.0 Å². The third-order valence-electron chi connectivity index (χ3n) is 6.67. The van der Waals surface area contributed by atoms with Gasteiger partial charge >= 0.3 is 6.18 Å². The normalized spacial score (nSPS) is 19.0. The highest BCUT2D eigenvalue weighted by Gasteiger charge is 2.51. The first kappa shape index (κ1) is 29.3. The standard InChI is InChI=1S/C25H28F3N3O5S3/c1-24(32,25(26,27)28)19-10-12-20(13-11-19)30-15-14-29(39(35,36)23-9-6-16-37-23)17-22(30)18-31(38(2,33)34)21-7-4-3-5-8-21/h3-13,16,22,32H,14-15,17-18H2,1-2H3. The lowest BCUT2D eigenvalue weighted by molar-refractivity contribution is -0.258. The third-order valence-corrected chi connectivity index (χ3v) is 11.1. The molecule has 0 amide bonds. The molecule has 2 unspecified atom stereocenters. The minimum absolute atomic E-state index is 0.0545. The lowest BCUT2D eigenvalue weighted by atomic mass is 9.95. The lowest BCUT2D eigenvalue weighted by Crippen LogP contribution is -2.59. The minimum atomic E-state index is -4.88. The molecule has 2 aromatic carbocycles. The van der Waals surface area contributed by atoms with Crippen molar-refractivity contribution >= 4 is 42.8 Å². The van der Waals surface area contributed by atoms with E-state index in [4.69, 9.17) is 0 Å². The number of piperazine rings is 1. The lowest BCUT2D eigenvalue weighted by Gasteiger charge is -2.43. The van der Waals surface area contributed by atoms with Crippen LogP contribution in [-0.2, 0) is 25.6 Å². The Labute approximate surface area is 230 Å². The van der Waals surface area contributed by atoms with Gasteiger partial charge in [-0.1, -0.05) is 36.4 Å². The molecule has 1 aromatic heterocycles. The van der Waals surface area contributed by atoms with E-state index in [0.29, 0.717) is 18.3 Å². The van der Waals surface area contributed by atoms with Crippen LogP contribution in [0.1, 0.15) is 12.5 Å². The van der Waals surface area contributed by atoms with Crippen LogP contribution in [-0.4, -0.2) is 70.9 Å². The molecule has 0 saturated carbocycles. The highest BCUT2D eigenvalue weighted by molar-refractivity contribution is 7.92. The zero-order valence-corrected chi connectivity index (χ0v) is 23.6. The summed E-state index contributed by atoms with van der Waals surface area (Å²) in [5.41, 5.74) is -2.54. The largest absolute Gasteiger partial charge is 0.421 e. The van der Waals surface area contributed by atoms with E-state index in [2.05, 4.69) is 0 Å². The summed E-state index contributed by atoms with van der Waals surface area (Å²) >= 11 is 1.08. The van der Waals surface area contributed by atoms with Gasteiger partial charge in [0.25, 0.3) is 10.0 Å². The first-order valence-electron chi connectivity index (χ1n) is 11.8. The number of hydrogen-bond acceptors (Lipinski definition) is 7. The van der Waals surface area contributed by atoms with Crippen LogP contribution in [0.2, 0.25) is 0 Å². The number of rotatable bonds is 8. The van der Waals surface area contributed by atoms with Crippen LogP contribution in [0.15, 0.2) is 76.3 Å². The van der Waals surface area contributed by atoms with Crippen LogP contribution < -0.4 is 9.21 Å². The van der Waals surface area contributed by atoms with Crippen LogP contribution >= 0.6 is 11.3 Å². The van der Waals surface area contributed by atoms with Gasteiger partial charge < -0.3 is 10.0 Å². The van der Waals surface area contributed by atoms with Crippen LogP contribution in [0.3, 0.4) is 0 Å². The number of sulfonamides is 2. The van der Waals surface area contributed by atoms with E-state index in [0.717, 1.165) is 17.6 Å². The molecule has 1 fully saturated rings. The Bertz CT molecular complexity index is 1480. The van der Waals surface area contributed by atoms with Gasteiger partial charge in [-0.05, 0) is 48.2 Å². The van der Waals surface area contributed by atoms with Gasteiger partial charge in [-0.2, -0.15) is 17.5 Å². The van der Waals surface area contributed by atoms with E-state index < -0.39 is 37.9 Å². The maximum absolute atomic E-state index is 13.3. The first-order chi connectivity index (χ1) is 18.1. The van der Waals surface area contributed by atoms with Gasteiger partial charge in [-0.3, -0.25) is 4.31 Å². The Balaban J connectivity index is 1.71. The van der Waals surface area contributed by atoms with Crippen molar-refractivity contribution in [3.05, 3.63) is 77.7 Å². The maximum Gasteiger partial charge on any atom is 0.421 e. The summed E-state index contributed by atoms with van der Waals surface area (Å²) in [7, 11) is -7.62. The van der Waals surface area contributed by atoms with E-state index in [1.165, 1.54) is 38.9 Å². The number of benzene rings is 2. The molecule has 1 aliphatic rings. The van der Waals surface area contributed by atoms with E-state index in [1.54, 1.807) is 46.7 Å². The fourth-order valence-corrected chi connectivity index (χ4v) is 8.00. The molecule has 0 bridgehead atoms. The summed E-state index contributed by atoms with van der Waals surface area (Å²) in [6, 6.07) is 16.0. The van der Waals surface area contributed by atoms with Gasteiger partial charge in [0.1, 0.15) is 4.21 Å². The topological polar surface area (TPSA) is 98.2 Å². The molecule has 1 aliphatic heterocycles. The summed E-state index contributed by atoms with van der Waals surface area (Å²) in [4.78, 5) is 1.79. The van der Waals surface area contributed by atoms with E-state index in [-0.39, 0.29) is 36.0 Å². The number of nitrogens with zero attached hydrogens (tertiary/aromatic N) is 3. The fourth-order valence-electron chi connectivity index (χ4n) is 4.44. The van der Waals surface area contributed by atoms with Gasteiger partial charge in [0.05, 0.1) is 24.5 Å². The van der Waals surface area contributed by atoms with Gasteiger partial charge in [-0.15, -0.1) is 11.3 Å². The second kappa shape index (κ2) is 10.7. The third kappa shape index (κ3) is 6.09. The van der Waals surface area contributed by atoms with Crippen molar-refractivity contribution in [2.45, 2.75) is 29.0 Å². The Morgan fingerprint density at radius 1 is 0.974 bits per heavy atom. The van der Waals surface area contributed by atoms with Crippen molar-refractivity contribution in [2.24, 2.45) is 0 Å². The molecule has 0 spiro atoms. The fraction of sp³-hybridized carbons (Fsp3) is 0.360. The summed E-state index contributed by atoms with van der Waals surface area (Å²) in [6.07, 6.45) is -3.83. The molecule has 39 heavy (non-hydrogen) atoms. The van der Waals surface area contributed by atoms with Crippen LogP contribution in [0.4, 0.5) is 24.5 Å². The zero-order valence-electron chi connectivity index (χ0n) is 21.1. The first-order valence-corrected chi connectivity index (χ1v) is 16.0. The molecule has 14 heteroatoms. The highest BCUT2D eigenvalue weighted by atomic mass is 32.2. The number of hydrogen-bond donors (Lipinski definition) is 1. The van der Waals surface area contributed by atoms with Crippen LogP contribution in [0.5, 0.6) is 0 Å². The Morgan fingerprint density at radius 3 is 2.15 bits per heavy atom. The maximum atomic E-state index is 13.3. The second-order valence-corrected chi connectivity index (χ2v) is 14.4. The Hall–Kier alpha value is -2.65. The van der Waals surface area contributed by atoms with Crippen molar-refractivity contribution in [3.8, 4) is 0 Å². The van der Waals surface area contributed by atoms with Crippen molar-refractivity contribution < 1.29 is 35.1 Å². The molecule has 0 aliphatic carbocycles. The predicted octanol–water partition coefficient (Wildman–Crippen LogP) is 3.86. The van der Waals surface area contributed by atoms with Crippen molar-refractivity contribution in [1.82, 2.24) is 4.31 Å². The number of anilines is 2. The molecule has 4 rings (SSSR count). The predicted molar refractivity (Wildman–Crippen MR) is 145 cm³/mol. The molecular formula is C25H28F3N3O5S3. The SMILES string of the molecule is CC(O)(c1ccc(N2CCN(S(=O)(=O)c3cccs3)CC2CN(c2ccccc2)S(C)(=O)=O)cc1)C(F)(F)F. The van der Waals surface area contributed by atoms with Crippen molar-refractivity contribution in [2.75, 3.05) is 41.6 Å². The molecule has 1 N–H and O–H groups in total. The smallest absolute Gasteiger partial charge is 0.376 e. The molecular weight excluding hydrogens is 575 g/mol. The average molecular weight is 604 g/mol.